The van der Waals surface area contributed by atoms with E-state index in [0.717, 1.165) is 22.6 Å². The topological polar surface area (TPSA) is 62.3 Å². The average Bonchev–Trinajstić information content (AvgIpc) is 3.14. The molecule has 2 aliphatic rings. The molecule has 7 nitrogen and oxygen atoms in total. The van der Waals surface area contributed by atoms with Crippen LogP contribution in [0.15, 0.2) is 72.8 Å². The number of likely N-dealkylation sites (tertiary alicyclic amines) is 1. The third-order valence-electron chi connectivity index (χ3n) is 8.07. The first kappa shape index (κ1) is 28.6. The molecule has 41 heavy (non-hydrogen) atoms. The second kappa shape index (κ2) is 11.9. The van der Waals surface area contributed by atoms with Gasteiger partial charge in [0.2, 0.25) is 0 Å². The van der Waals surface area contributed by atoms with Gasteiger partial charge >= 0.3 is 6.03 Å². The lowest BCUT2D eigenvalue weighted by molar-refractivity contribution is -0.133. The van der Waals surface area contributed by atoms with Gasteiger partial charge in [-0.1, -0.05) is 30.3 Å². The monoisotopic (exact) mass is 559 g/mol. The lowest BCUT2D eigenvalue weighted by atomic mass is 9.81. The number of hydrogen-bond acceptors (Lipinski definition) is 5. The van der Waals surface area contributed by atoms with Crippen molar-refractivity contribution in [2.24, 2.45) is 0 Å². The van der Waals surface area contributed by atoms with Crippen LogP contribution in [-0.4, -0.2) is 59.6 Å². The van der Waals surface area contributed by atoms with Crippen LogP contribution >= 0.6 is 0 Å². The minimum absolute atomic E-state index is 0.00720. The van der Waals surface area contributed by atoms with E-state index in [-0.39, 0.29) is 24.6 Å². The van der Waals surface area contributed by atoms with Gasteiger partial charge in [-0.3, -0.25) is 19.5 Å². The molecule has 0 saturated carbocycles. The molecule has 0 aliphatic carbocycles. The number of ether oxygens (including phenoxy) is 2. The summed E-state index contributed by atoms with van der Waals surface area (Å²) in [5, 5.41) is 0. The van der Waals surface area contributed by atoms with E-state index in [1.54, 1.807) is 24.1 Å². The van der Waals surface area contributed by atoms with Gasteiger partial charge in [0.25, 0.3) is 5.91 Å². The Hall–Kier alpha value is -3.91. The molecule has 3 aromatic carbocycles. The number of urea groups is 1. The van der Waals surface area contributed by atoms with Crippen LogP contribution in [0, 0.1) is 5.82 Å². The van der Waals surface area contributed by atoms with E-state index in [1.165, 1.54) is 17.0 Å². The van der Waals surface area contributed by atoms with Crippen LogP contribution in [0.5, 0.6) is 11.5 Å². The summed E-state index contributed by atoms with van der Waals surface area (Å²) in [6.07, 6.45) is 1.52. The van der Waals surface area contributed by atoms with E-state index < -0.39 is 17.4 Å². The van der Waals surface area contributed by atoms with E-state index >= 15 is 0 Å². The third-order valence-corrected chi connectivity index (χ3v) is 8.07. The number of halogens is 1. The van der Waals surface area contributed by atoms with Crippen LogP contribution in [0.4, 0.5) is 14.9 Å². The summed E-state index contributed by atoms with van der Waals surface area (Å²) >= 11 is 0. The Morgan fingerprint density at radius 1 is 0.976 bits per heavy atom. The lowest BCUT2D eigenvalue weighted by Gasteiger charge is -2.45. The molecular weight excluding hydrogens is 521 g/mol. The molecule has 2 fully saturated rings. The number of piperidine rings is 1. The zero-order chi connectivity index (χ0) is 29.1. The molecule has 216 valence electrons. The van der Waals surface area contributed by atoms with Gasteiger partial charge in [-0.2, -0.15) is 0 Å². The number of rotatable bonds is 9. The van der Waals surface area contributed by atoms with Crippen LogP contribution in [0.2, 0.25) is 0 Å². The van der Waals surface area contributed by atoms with E-state index in [1.807, 2.05) is 50.2 Å². The maximum absolute atomic E-state index is 14.4. The van der Waals surface area contributed by atoms with Crippen molar-refractivity contribution >= 4 is 17.6 Å². The van der Waals surface area contributed by atoms with Crippen molar-refractivity contribution in [3.8, 4) is 11.5 Å². The van der Waals surface area contributed by atoms with Gasteiger partial charge in [-0.15, -0.1) is 0 Å². The van der Waals surface area contributed by atoms with Crippen LogP contribution in [-0.2, 0) is 17.8 Å². The van der Waals surface area contributed by atoms with Crippen molar-refractivity contribution in [3.63, 3.8) is 0 Å². The van der Waals surface area contributed by atoms with Crippen molar-refractivity contribution in [3.05, 3.63) is 89.7 Å². The summed E-state index contributed by atoms with van der Waals surface area (Å²) in [7, 11) is 1.61. The van der Waals surface area contributed by atoms with Gasteiger partial charge in [-0.25, -0.2) is 9.18 Å². The number of amides is 3. The number of imide groups is 1. The largest absolute Gasteiger partial charge is 0.497 e. The molecule has 0 N–H and O–H groups in total. The van der Waals surface area contributed by atoms with Gasteiger partial charge in [-0.05, 0) is 93.6 Å². The minimum Gasteiger partial charge on any atom is -0.497 e. The molecule has 0 bridgehead atoms. The van der Waals surface area contributed by atoms with Gasteiger partial charge in [0.05, 0.1) is 13.2 Å². The minimum atomic E-state index is -1.07. The van der Waals surface area contributed by atoms with Crippen LogP contribution in [0.1, 0.15) is 44.7 Å². The number of carbonyl (C=O) groups excluding carboxylic acids is 2. The number of hydrogen-bond donors (Lipinski definition) is 0. The van der Waals surface area contributed by atoms with Crippen LogP contribution in [0.3, 0.4) is 0 Å². The molecule has 1 spiro atoms. The molecule has 2 saturated heterocycles. The van der Waals surface area contributed by atoms with Gasteiger partial charge in [0, 0.05) is 31.4 Å². The Labute approximate surface area is 241 Å². The Balaban J connectivity index is 1.38. The van der Waals surface area contributed by atoms with Crippen LogP contribution < -0.4 is 14.4 Å². The first-order valence-corrected chi connectivity index (χ1v) is 14.2. The van der Waals surface area contributed by atoms with Crippen molar-refractivity contribution < 1.29 is 23.5 Å². The van der Waals surface area contributed by atoms with Crippen molar-refractivity contribution in [2.75, 3.05) is 25.1 Å². The van der Waals surface area contributed by atoms with Crippen molar-refractivity contribution in [1.29, 1.82) is 0 Å². The molecule has 3 amide bonds. The summed E-state index contributed by atoms with van der Waals surface area (Å²) in [5.41, 5.74) is 1.47. The Morgan fingerprint density at radius 2 is 1.73 bits per heavy atom. The highest BCUT2D eigenvalue weighted by Gasteiger charge is 2.59. The van der Waals surface area contributed by atoms with E-state index in [4.69, 9.17) is 9.47 Å². The predicted octanol–water partition coefficient (Wildman–Crippen LogP) is 6.06. The second-order valence-corrected chi connectivity index (χ2v) is 11.3. The smallest absolute Gasteiger partial charge is 0.332 e. The third kappa shape index (κ3) is 5.93. The summed E-state index contributed by atoms with van der Waals surface area (Å²) in [6, 6.07) is 21.3. The van der Waals surface area contributed by atoms with Gasteiger partial charge in [0.15, 0.2) is 0 Å². The van der Waals surface area contributed by atoms with E-state index in [0.29, 0.717) is 38.0 Å². The molecule has 5 rings (SSSR count). The number of methoxy groups -OCH3 is 1. The number of nitrogens with zero attached hydrogens (tertiary/aromatic N) is 3. The molecule has 2 heterocycles. The second-order valence-electron chi connectivity index (χ2n) is 11.3. The molecular formula is C33H38FN3O4. The Morgan fingerprint density at radius 3 is 2.41 bits per heavy atom. The summed E-state index contributed by atoms with van der Waals surface area (Å²) in [5.74, 6) is 0.931. The average molecular weight is 560 g/mol. The highest BCUT2D eigenvalue weighted by Crippen LogP contribution is 2.43. The van der Waals surface area contributed by atoms with Crippen molar-refractivity contribution in [1.82, 2.24) is 9.80 Å². The highest BCUT2D eigenvalue weighted by molar-refractivity contribution is 6.17. The highest BCUT2D eigenvalue weighted by atomic mass is 19.1. The van der Waals surface area contributed by atoms with Gasteiger partial charge < -0.3 is 9.47 Å². The zero-order valence-electron chi connectivity index (χ0n) is 24.2. The fraction of sp³-hybridized carbons (Fsp3) is 0.394. The number of anilines is 1. The fourth-order valence-electron chi connectivity index (χ4n) is 6.07. The first-order valence-electron chi connectivity index (χ1n) is 14.2. The maximum atomic E-state index is 14.4. The molecule has 0 unspecified atom stereocenters. The van der Waals surface area contributed by atoms with Crippen molar-refractivity contribution in [2.45, 2.75) is 64.3 Å². The molecule has 0 radical (unpaired) electrons. The van der Waals surface area contributed by atoms with E-state index in [9.17, 15) is 14.0 Å². The molecule has 0 aromatic heterocycles. The van der Waals surface area contributed by atoms with Gasteiger partial charge in [0.1, 0.15) is 22.9 Å². The summed E-state index contributed by atoms with van der Waals surface area (Å²) in [4.78, 5) is 33.3. The molecule has 8 heteroatoms. The normalized spacial score (nSPS) is 21.3. The standard InChI is InChI=1S/C33H38FN3O4/c1-23(2)41-30-10-5-7-26(19-30)22-35-18-16-33(21-24(35)3)31(38)36(17-15-25-11-13-29(40-4)14-12-25)32(39)37(33)28-9-6-8-27(34)20-28/h5-14,19-20,23-24H,15-18,21-22H2,1-4H3/t24-,33+/m0/s1. The molecule has 2 aliphatic heterocycles. The number of carbonyl (C=O) groups is 2. The molecule has 2 atom stereocenters. The predicted molar refractivity (Wildman–Crippen MR) is 157 cm³/mol. The first-order chi connectivity index (χ1) is 19.7. The number of benzene rings is 3. The molecule has 3 aromatic rings. The Kier molecular flexibility index (Phi) is 8.31. The lowest BCUT2D eigenvalue weighted by Crippen LogP contribution is -2.59. The van der Waals surface area contributed by atoms with E-state index in [2.05, 4.69) is 24.0 Å². The summed E-state index contributed by atoms with van der Waals surface area (Å²) in [6.45, 7) is 7.67. The fourth-order valence-corrected chi connectivity index (χ4v) is 6.07. The zero-order valence-corrected chi connectivity index (χ0v) is 24.2. The van der Waals surface area contributed by atoms with Crippen LogP contribution in [0.25, 0.3) is 0 Å². The maximum Gasteiger partial charge on any atom is 0.332 e. The quantitative estimate of drug-likeness (QED) is 0.299. The SMILES string of the molecule is COc1ccc(CCN2C(=O)N(c3cccc(F)c3)[C@@]3(CCN(Cc4cccc(OC(C)C)c4)[C@@H](C)C3)C2=O)cc1. The summed E-state index contributed by atoms with van der Waals surface area (Å²) < 4.78 is 25.5. The Bertz CT molecular complexity index is 1400.